The van der Waals surface area contributed by atoms with Gasteiger partial charge in [0.2, 0.25) is 0 Å². The predicted octanol–water partition coefficient (Wildman–Crippen LogP) is 5.62. The van der Waals surface area contributed by atoms with Crippen molar-refractivity contribution in [3.63, 3.8) is 0 Å². The number of hydrogen-bond acceptors (Lipinski definition) is 5. The molecule has 6 nitrogen and oxygen atoms in total. The summed E-state index contributed by atoms with van der Waals surface area (Å²) in [6, 6.07) is 6.15. The number of rotatable bonds is 3. The molecule has 0 radical (unpaired) electrons. The van der Waals surface area contributed by atoms with E-state index < -0.39 is 0 Å². The average molecular weight is 403 g/mol. The van der Waals surface area contributed by atoms with Crippen LogP contribution in [0.3, 0.4) is 0 Å². The van der Waals surface area contributed by atoms with Crippen LogP contribution in [-0.2, 0) is 0 Å². The second-order valence-corrected chi connectivity index (χ2v) is 9.78. The fraction of sp³-hybridized carbons (Fsp3) is 0.500. The summed E-state index contributed by atoms with van der Waals surface area (Å²) >= 11 is 0. The largest absolute Gasteiger partial charge is 0.337 e. The van der Waals surface area contributed by atoms with Crippen LogP contribution in [0.4, 0.5) is 5.95 Å². The Kier molecular flexibility index (Phi) is 4.60. The molecule has 1 fully saturated rings. The number of aromatic amines is 1. The molecule has 0 amide bonds. The average Bonchev–Trinajstić information content (AvgIpc) is 3.08. The Labute approximate surface area is 177 Å². The summed E-state index contributed by atoms with van der Waals surface area (Å²) in [5.41, 5.74) is 8.82. The Morgan fingerprint density at radius 2 is 2.13 bits per heavy atom. The molecule has 2 aliphatic rings. The number of benzene rings is 1. The topological polar surface area (TPSA) is 78.9 Å². The van der Waals surface area contributed by atoms with Crippen molar-refractivity contribution in [2.45, 2.75) is 53.4 Å². The third-order valence-electron chi connectivity index (χ3n) is 7.27. The molecular formula is C24H30N6. The van der Waals surface area contributed by atoms with Crippen molar-refractivity contribution in [3.05, 3.63) is 35.4 Å². The van der Waals surface area contributed by atoms with Crippen molar-refractivity contribution < 1.29 is 0 Å². The summed E-state index contributed by atoms with van der Waals surface area (Å²) in [5, 5.41) is 14.2. The minimum absolute atomic E-state index is 0.384. The number of aromatic nitrogens is 4. The number of allylic oxidation sites excluding steroid dienone is 2. The maximum Gasteiger partial charge on any atom is 0.265 e. The summed E-state index contributed by atoms with van der Waals surface area (Å²) in [4.78, 5) is 7.94. The molecule has 1 saturated carbocycles. The first-order chi connectivity index (χ1) is 14.4. The number of nitrogens with zero attached hydrogens (tertiary/aromatic N) is 4. The summed E-state index contributed by atoms with van der Waals surface area (Å²) in [6.45, 7) is 9.26. The van der Waals surface area contributed by atoms with Gasteiger partial charge in [0.05, 0.1) is 5.52 Å². The number of hydrazone groups is 1. The highest BCUT2D eigenvalue weighted by Gasteiger charge is 2.40. The molecule has 6 heteroatoms. The van der Waals surface area contributed by atoms with Crippen LogP contribution in [0.2, 0.25) is 0 Å². The SMILES string of the molecule is Cc1cccc2c1[nH]c1nc(N/N=C/C3CC4C(=CCCC4(C)C)CC3C)nnc12. The minimum atomic E-state index is 0.384. The van der Waals surface area contributed by atoms with E-state index in [2.05, 4.69) is 76.7 Å². The smallest absolute Gasteiger partial charge is 0.265 e. The van der Waals surface area contributed by atoms with Crippen LogP contribution in [0.1, 0.15) is 52.0 Å². The molecule has 1 aromatic carbocycles. The van der Waals surface area contributed by atoms with E-state index in [0.717, 1.165) is 22.1 Å². The highest BCUT2D eigenvalue weighted by molar-refractivity contribution is 6.04. The predicted molar refractivity (Wildman–Crippen MR) is 123 cm³/mol. The van der Waals surface area contributed by atoms with E-state index in [4.69, 9.17) is 0 Å². The van der Waals surface area contributed by atoms with Crippen molar-refractivity contribution >= 4 is 34.2 Å². The Morgan fingerprint density at radius 3 is 3.00 bits per heavy atom. The highest BCUT2D eigenvalue weighted by Crippen LogP contribution is 2.50. The van der Waals surface area contributed by atoms with Crippen LogP contribution in [0, 0.1) is 30.1 Å². The number of fused-ring (bicyclic) bond motifs is 4. The zero-order valence-corrected chi connectivity index (χ0v) is 18.2. The van der Waals surface area contributed by atoms with Gasteiger partial charge in [-0.05, 0) is 61.3 Å². The van der Waals surface area contributed by atoms with Gasteiger partial charge < -0.3 is 4.98 Å². The van der Waals surface area contributed by atoms with Crippen LogP contribution >= 0.6 is 0 Å². The molecule has 2 aromatic heterocycles. The lowest BCUT2D eigenvalue weighted by Gasteiger charge is -2.46. The zero-order valence-electron chi connectivity index (χ0n) is 18.2. The van der Waals surface area contributed by atoms with Crippen molar-refractivity contribution in [1.82, 2.24) is 20.2 Å². The van der Waals surface area contributed by atoms with E-state index in [0.29, 0.717) is 29.1 Å². The Balaban J connectivity index is 1.33. The molecule has 2 N–H and O–H groups in total. The normalized spacial score (nSPS) is 26.1. The van der Waals surface area contributed by atoms with Crippen LogP contribution in [0.25, 0.3) is 22.1 Å². The lowest BCUT2D eigenvalue weighted by Crippen LogP contribution is -2.36. The van der Waals surface area contributed by atoms with Gasteiger partial charge in [0.1, 0.15) is 5.52 Å². The van der Waals surface area contributed by atoms with Crippen molar-refractivity contribution in [3.8, 4) is 0 Å². The van der Waals surface area contributed by atoms with Gasteiger partial charge in [0.25, 0.3) is 5.95 Å². The summed E-state index contributed by atoms with van der Waals surface area (Å²) in [5.74, 6) is 2.15. The van der Waals surface area contributed by atoms with Gasteiger partial charge in [-0.1, -0.05) is 50.6 Å². The van der Waals surface area contributed by atoms with Gasteiger partial charge in [0, 0.05) is 11.6 Å². The van der Waals surface area contributed by atoms with Crippen LogP contribution in [-0.4, -0.2) is 26.4 Å². The number of anilines is 1. The summed E-state index contributed by atoms with van der Waals surface area (Å²) in [6.07, 6.45) is 9.42. The fourth-order valence-electron chi connectivity index (χ4n) is 5.36. The number of aryl methyl sites for hydroxylation is 1. The standard InChI is InChI=1S/C24H30N6/c1-14-7-5-9-18-20(14)26-22-21(18)28-30-23(27-22)29-25-13-17-12-19-16(11-15(17)2)8-6-10-24(19,3)4/h5,7-9,13,15,17,19H,6,10-12H2,1-4H3,(H2,26,27,29,30)/b25-13+. The molecular weight excluding hydrogens is 372 g/mol. The third kappa shape index (κ3) is 3.28. The van der Waals surface area contributed by atoms with E-state index in [-0.39, 0.29) is 0 Å². The number of para-hydroxylation sites is 1. The number of nitrogens with one attached hydrogen (secondary N) is 2. The Bertz CT molecular complexity index is 1160. The van der Waals surface area contributed by atoms with Crippen molar-refractivity contribution in [1.29, 1.82) is 0 Å². The molecule has 156 valence electrons. The highest BCUT2D eigenvalue weighted by atomic mass is 15.4. The first kappa shape index (κ1) is 19.2. The molecule has 3 atom stereocenters. The number of hydrogen-bond donors (Lipinski definition) is 2. The third-order valence-corrected chi connectivity index (χ3v) is 7.27. The Morgan fingerprint density at radius 1 is 1.27 bits per heavy atom. The molecule has 0 aliphatic heterocycles. The lowest BCUT2D eigenvalue weighted by atomic mass is 9.59. The molecule has 2 heterocycles. The van der Waals surface area contributed by atoms with Gasteiger partial charge in [-0.3, -0.25) is 0 Å². The molecule has 0 spiro atoms. The molecule has 30 heavy (non-hydrogen) atoms. The summed E-state index contributed by atoms with van der Waals surface area (Å²) < 4.78 is 0. The minimum Gasteiger partial charge on any atom is -0.337 e. The first-order valence-electron chi connectivity index (χ1n) is 11.0. The van der Waals surface area contributed by atoms with E-state index in [1.807, 2.05) is 12.1 Å². The Hall–Kier alpha value is -2.76. The number of H-pyrrole nitrogens is 1. The van der Waals surface area contributed by atoms with E-state index in [9.17, 15) is 0 Å². The quantitative estimate of drug-likeness (QED) is 0.338. The maximum absolute atomic E-state index is 4.58. The van der Waals surface area contributed by atoms with E-state index >= 15 is 0 Å². The molecule has 0 bridgehead atoms. The van der Waals surface area contributed by atoms with Gasteiger partial charge in [-0.15, -0.1) is 10.2 Å². The van der Waals surface area contributed by atoms with Crippen molar-refractivity contribution in [2.75, 3.05) is 5.43 Å². The van der Waals surface area contributed by atoms with Crippen LogP contribution in [0.5, 0.6) is 0 Å². The second-order valence-electron chi connectivity index (χ2n) is 9.78. The fourth-order valence-corrected chi connectivity index (χ4v) is 5.36. The monoisotopic (exact) mass is 402 g/mol. The maximum atomic E-state index is 4.58. The lowest BCUT2D eigenvalue weighted by molar-refractivity contribution is 0.149. The molecule has 2 aliphatic carbocycles. The zero-order chi connectivity index (χ0) is 20.9. The molecule has 3 unspecified atom stereocenters. The second kappa shape index (κ2) is 7.18. The molecule has 3 aromatic rings. The summed E-state index contributed by atoms with van der Waals surface area (Å²) in [7, 11) is 0. The van der Waals surface area contributed by atoms with Gasteiger partial charge in [-0.25, -0.2) is 5.43 Å². The van der Waals surface area contributed by atoms with Crippen molar-refractivity contribution in [2.24, 2.45) is 28.3 Å². The molecule has 0 saturated heterocycles. The van der Waals surface area contributed by atoms with Gasteiger partial charge in [0.15, 0.2) is 5.65 Å². The van der Waals surface area contributed by atoms with E-state index in [1.54, 1.807) is 5.57 Å². The van der Waals surface area contributed by atoms with Crippen LogP contribution < -0.4 is 5.43 Å². The van der Waals surface area contributed by atoms with E-state index in [1.165, 1.54) is 31.2 Å². The first-order valence-corrected chi connectivity index (χ1v) is 11.0. The van der Waals surface area contributed by atoms with Crippen LogP contribution in [0.15, 0.2) is 34.9 Å². The van der Waals surface area contributed by atoms with Gasteiger partial charge in [-0.2, -0.15) is 10.1 Å². The van der Waals surface area contributed by atoms with Gasteiger partial charge >= 0.3 is 0 Å². The molecule has 5 rings (SSSR count).